The molecule has 0 bridgehead atoms. The van der Waals surface area contributed by atoms with Gasteiger partial charge in [0.25, 0.3) is 0 Å². The number of hydrogen-bond donors (Lipinski definition) is 1. The van der Waals surface area contributed by atoms with Crippen LogP contribution in [0.3, 0.4) is 0 Å². The molecular weight excluding hydrogens is 269 g/mol. The van der Waals surface area contributed by atoms with Gasteiger partial charge < -0.3 is 10.1 Å². The van der Waals surface area contributed by atoms with Gasteiger partial charge in [0.2, 0.25) is 0 Å². The van der Waals surface area contributed by atoms with Gasteiger partial charge in [-0.25, -0.2) is 0 Å². The summed E-state index contributed by atoms with van der Waals surface area (Å²) in [7, 11) is 0. The van der Waals surface area contributed by atoms with Crippen molar-refractivity contribution in [2.24, 2.45) is 5.41 Å². The first kappa shape index (κ1) is 14.0. The normalized spacial score (nSPS) is 25.6. The zero-order chi connectivity index (χ0) is 13.3. The van der Waals surface area contributed by atoms with E-state index in [0.717, 1.165) is 13.0 Å². The van der Waals surface area contributed by atoms with Crippen LogP contribution in [0.15, 0.2) is 18.2 Å². The molecule has 1 saturated carbocycles. The highest BCUT2D eigenvalue weighted by Gasteiger charge is 2.49. The standard InChI is InChI=1S/C14H19Cl2NO/c1-4-17-12-8-13(14(12,2)3)18-11-7-9(15)5-6-10(11)16/h5-7,12-13,17H,4,8H2,1-3H3. The van der Waals surface area contributed by atoms with E-state index in [4.69, 9.17) is 27.9 Å². The fraction of sp³-hybridized carbons (Fsp3) is 0.571. The van der Waals surface area contributed by atoms with E-state index in [1.165, 1.54) is 0 Å². The van der Waals surface area contributed by atoms with Crippen LogP contribution in [0.2, 0.25) is 10.0 Å². The van der Waals surface area contributed by atoms with Gasteiger partial charge in [0.15, 0.2) is 0 Å². The summed E-state index contributed by atoms with van der Waals surface area (Å²) in [6, 6.07) is 5.82. The number of benzene rings is 1. The minimum absolute atomic E-state index is 0.113. The molecule has 0 amide bonds. The number of halogens is 2. The first-order chi connectivity index (χ1) is 8.45. The number of hydrogen-bond acceptors (Lipinski definition) is 2. The molecule has 0 aromatic heterocycles. The second-order valence-corrected chi connectivity index (χ2v) is 6.19. The highest BCUT2D eigenvalue weighted by molar-refractivity contribution is 6.34. The van der Waals surface area contributed by atoms with Gasteiger partial charge in [0.1, 0.15) is 11.9 Å². The maximum absolute atomic E-state index is 6.11. The molecule has 18 heavy (non-hydrogen) atoms. The van der Waals surface area contributed by atoms with Gasteiger partial charge in [-0.1, -0.05) is 44.0 Å². The molecule has 1 aromatic carbocycles. The highest BCUT2D eigenvalue weighted by Crippen LogP contribution is 2.44. The molecule has 1 fully saturated rings. The van der Waals surface area contributed by atoms with E-state index in [-0.39, 0.29) is 11.5 Å². The molecule has 0 spiro atoms. The van der Waals surface area contributed by atoms with Crippen molar-refractivity contribution in [2.45, 2.75) is 39.3 Å². The molecule has 0 aliphatic heterocycles. The Hall–Kier alpha value is -0.440. The maximum Gasteiger partial charge on any atom is 0.139 e. The summed E-state index contributed by atoms with van der Waals surface area (Å²) >= 11 is 12.1. The van der Waals surface area contributed by atoms with Crippen LogP contribution in [0.25, 0.3) is 0 Å². The SMILES string of the molecule is CCNC1CC(Oc2cc(Cl)ccc2Cl)C1(C)C. The van der Waals surface area contributed by atoms with Crippen LogP contribution in [0, 0.1) is 5.41 Å². The van der Waals surface area contributed by atoms with Crippen LogP contribution in [0.1, 0.15) is 27.2 Å². The molecule has 100 valence electrons. The van der Waals surface area contributed by atoms with Gasteiger partial charge >= 0.3 is 0 Å². The first-order valence-corrected chi connectivity index (χ1v) is 7.05. The molecular formula is C14H19Cl2NO. The molecule has 4 heteroatoms. The topological polar surface area (TPSA) is 21.3 Å². The molecule has 2 atom stereocenters. The zero-order valence-corrected chi connectivity index (χ0v) is 12.5. The second-order valence-electron chi connectivity index (χ2n) is 5.35. The van der Waals surface area contributed by atoms with Gasteiger partial charge in [0.05, 0.1) is 5.02 Å². The predicted molar refractivity (Wildman–Crippen MR) is 76.7 cm³/mol. The number of nitrogens with one attached hydrogen (secondary N) is 1. The van der Waals surface area contributed by atoms with Crippen LogP contribution >= 0.6 is 23.2 Å². The Balaban J connectivity index is 2.05. The van der Waals surface area contributed by atoms with E-state index in [0.29, 0.717) is 21.8 Å². The van der Waals surface area contributed by atoms with Crippen molar-refractivity contribution >= 4 is 23.2 Å². The van der Waals surface area contributed by atoms with E-state index in [1.807, 2.05) is 0 Å². The summed E-state index contributed by atoms with van der Waals surface area (Å²) in [6.45, 7) is 7.54. The smallest absolute Gasteiger partial charge is 0.139 e. The third kappa shape index (κ3) is 2.61. The molecule has 2 nitrogen and oxygen atoms in total. The van der Waals surface area contributed by atoms with Crippen molar-refractivity contribution in [3.8, 4) is 5.75 Å². The van der Waals surface area contributed by atoms with Crippen molar-refractivity contribution in [1.29, 1.82) is 0 Å². The van der Waals surface area contributed by atoms with Crippen molar-refractivity contribution in [1.82, 2.24) is 5.32 Å². The zero-order valence-electron chi connectivity index (χ0n) is 11.0. The minimum atomic E-state index is 0.113. The van der Waals surface area contributed by atoms with Gasteiger partial charge in [-0.15, -0.1) is 0 Å². The lowest BCUT2D eigenvalue weighted by molar-refractivity contribution is -0.0540. The maximum atomic E-state index is 6.11. The van der Waals surface area contributed by atoms with Crippen LogP contribution in [-0.2, 0) is 0 Å². The lowest BCUT2D eigenvalue weighted by Crippen LogP contribution is -2.62. The molecule has 1 aliphatic carbocycles. The molecule has 0 saturated heterocycles. The monoisotopic (exact) mass is 287 g/mol. The Kier molecular flexibility index (Phi) is 4.10. The van der Waals surface area contributed by atoms with Crippen LogP contribution in [0.5, 0.6) is 5.75 Å². The van der Waals surface area contributed by atoms with Gasteiger partial charge in [-0.2, -0.15) is 0 Å². The fourth-order valence-corrected chi connectivity index (χ4v) is 2.72. The van der Waals surface area contributed by atoms with Gasteiger partial charge in [0, 0.05) is 29.0 Å². The van der Waals surface area contributed by atoms with E-state index < -0.39 is 0 Å². The summed E-state index contributed by atoms with van der Waals surface area (Å²) in [5, 5.41) is 4.74. The molecule has 1 aromatic rings. The van der Waals surface area contributed by atoms with E-state index in [1.54, 1.807) is 18.2 Å². The van der Waals surface area contributed by atoms with E-state index >= 15 is 0 Å². The van der Waals surface area contributed by atoms with E-state index in [9.17, 15) is 0 Å². The molecule has 1 aliphatic rings. The Morgan fingerprint density at radius 3 is 2.72 bits per heavy atom. The fourth-order valence-electron chi connectivity index (χ4n) is 2.40. The van der Waals surface area contributed by atoms with Crippen LogP contribution in [-0.4, -0.2) is 18.7 Å². The molecule has 2 rings (SSSR count). The molecule has 0 heterocycles. The first-order valence-electron chi connectivity index (χ1n) is 6.30. The third-order valence-electron chi connectivity index (χ3n) is 3.79. The predicted octanol–water partition coefficient (Wildman–Crippen LogP) is 4.15. The third-order valence-corrected chi connectivity index (χ3v) is 4.34. The lowest BCUT2D eigenvalue weighted by Gasteiger charge is -2.51. The van der Waals surface area contributed by atoms with Crippen molar-refractivity contribution < 1.29 is 4.74 Å². The lowest BCUT2D eigenvalue weighted by atomic mass is 9.64. The van der Waals surface area contributed by atoms with Crippen molar-refractivity contribution in [3.63, 3.8) is 0 Å². The molecule has 0 radical (unpaired) electrons. The molecule has 1 N–H and O–H groups in total. The summed E-state index contributed by atoms with van der Waals surface area (Å²) in [4.78, 5) is 0. The van der Waals surface area contributed by atoms with Crippen LogP contribution in [0.4, 0.5) is 0 Å². The van der Waals surface area contributed by atoms with Crippen molar-refractivity contribution in [3.05, 3.63) is 28.2 Å². The summed E-state index contributed by atoms with van der Waals surface area (Å²) in [5.74, 6) is 0.678. The Bertz CT molecular complexity index is 434. The molecule has 2 unspecified atom stereocenters. The summed E-state index contributed by atoms with van der Waals surface area (Å²) < 4.78 is 6.00. The average molecular weight is 288 g/mol. The van der Waals surface area contributed by atoms with Crippen LogP contribution < -0.4 is 10.1 Å². The Morgan fingerprint density at radius 1 is 1.39 bits per heavy atom. The van der Waals surface area contributed by atoms with Gasteiger partial charge in [-0.3, -0.25) is 0 Å². The van der Waals surface area contributed by atoms with Crippen molar-refractivity contribution in [2.75, 3.05) is 6.54 Å². The quantitative estimate of drug-likeness (QED) is 0.898. The largest absolute Gasteiger partial charge is 0.488 e. The van der Waals surface area contributed by atoms with E-state index in [2.05, 4.69) is 26.1 Å². The highest BCUT2D eigenvalue weighted by atomic mass is 35.5. The number of rotatable bonds is 4. The number of ether oxygens (including phenoxy) is 1. The average Bonchev–Trinajstić information content (AvgIpc) is 2.32. The summed E-state index contributed by atoms with van der Waals surface area (Å²) in [5.41, 5.74) is 0.113. The van der Waals surface area contributed by atoms with Gasteiger partial charge in [-0.05, 0) is 18.7 Å². The Morgan fingerprint density at radius 2 is 2.11 bits per heavy atom. The Labute approximate surface area is 119 Å². The second kappa shape index (κ2) is 5.28. The minimum Gasteiger partial charge on any atom is -0.488 e. The summed E-state index contributed by atoms with van der Waals surface area (Å²) in [6.07, 6.45) is 1.18.